The van der Waals surface area contributed by atoms with Crippen molar-refractivity contribution in [3.05, 3.63) is 23.7 Å². The third-order valence-corrected chi connectivity index (χ3v) is 3.04. The van der Waals surface area contributed by atoms with Crippen molar-refractivity contribution in [2.24, 2.45) is 5.92 Å². The van der Waals surface area contributed by atoms with Crippen LogP contribution in [0.25, 0.3) is 0 Å². The molecule has 0 saturated heterocycles. The first-order valence-electron chi connectivity index (χ1n) is 5.46. The highest BCUT2D eigenvalue weighted by Gasteiger charge is 2.37. The summed E-state index contributed by atoms with van der Waals surface area (Å²) in [7, 11) is 1.30. The summed E-state index contributed by atoms with van der Waals surface area (Å²) in [6.07, 6.45) is 0.166. The number of rotatable bonds is 4. The number of aliphatic hydroxyl groups excluding tert-OH is 1. The third kappa shape index (κ3) is 2.27. The molecule has 3 atom stereocenters. The van der Waals surface area contributed by atoms with Crippen LogP contribution in [0.3, 0.4) is 0 Å². The van der Waals surface area contributed by atoms with Crippen molar-refractivity contribution in [3.8, 4) is 0 Å². The van der Waals surface area contributed by atoms with Crippen LogP contribution in [0.1, 0.15) is 43.3 Å². The van der Waals surface area contributed by atoms with E-state index < -0.39 is 12.1 Å². The molecule has 1 aliphatic carbocycles. The summed E-state index contributed by atoms with van der Waals surface area (Å²) in [6.45, 7) is 2.16. The Morgan fingerprint density at radius 3 is 2.94 bits per heavy atom. The van der Waals surface area contributed by atoms with Gasteiger partial charge in [-0.2, -0.15) is 0 Å². The minimum Gasteiger partial charge on any atom is -0.469 e. The van der Waals surface area contributed by atoms with Crippen molar-refractivity contribution < 1.29 is 19.1 Å². The number of carbonyl (C=O) groups is 1. The van der Waals surface area contributed by atoms with Gasteiger partial charge in [-0.25, -0.2) is 0 Å². The molecule has 0 aliphatic heterocycles. The van der Waals surface area contributed by atoms with Crippen LogP contribution >= 0.6 is 0 Å². The highest BCUT2D eigenvalue weighted by molar-refractivity contribution is 5.69. The maximum Gasteiger partial charge on any atom is 0.308 e. The van der Waals surface area contributed by atoms with Crippen LogP contribution in [0.4, 0.5) is 0 Å². The Balaban J connectivity index is 1.98. The van der Waals surface area contributed by atoms with Crippen molar-refractivity contribution in [1.29, 1.82) is 0 Å². The van der Waals surface area contributed by atoms with Gasteiger partial charge in [-0.3, -0.25) is 4.79 Å². The first kappa shape index (κ1) is 11.2. The smallest absolute Gasteiger partial charge is 0.308 e. The summed E-state index contributed by atoms with van der Waals surface area (Å²) >= 11 is 0. The molecule has 1 aromatic heterocycles. The maximum atomic E-state index is 11.0. The highest BCUT2D eigenvalue weighted by Crippen LogP contribution is 2.47. The van der Waals surface area contributed by atoms with Gasteiger partial charge in [0.15, 0.2) is 0 Å². The second-order valence-electron chi connectivity index (χ2n) is 4.36. The van der Waals surface area contributed by atoms with E-state index in [1.165, 1.54) is 7.11 Å². The molecule has 0 aromatic carbocycles. The van der Waals surface area contributed by atoms with Crippen LogP contribution < -0.4 is 0 Å². The van der Waals surface area contributed by atoms with Gasteiger partial charge in [-0.05, 0) is 24.5 Å². The molecule has 0 amide bonds. The summed E-state index contributed by atoms with van der Waals surface area (Å²) in [5.74, 6) is 2.06. The lowest BCUT2D eigenvalue weighted by Crippen LogP contribution is -2.07. The molecule has 3 unspecified atom stereocenters. The molecule has 16 heavy (non-hydrogen) atoms. The normalized spacial score (nSPS) is 25.2. The van der Waals surface area contributed by atoms with E-state index in [1.54, 1.807) is 6.07 Å². The number of ether oxygens (including phenoxy) is 1. The topological polar surface area (TPSA) is 59.7 Å². The quantitative estimate of drug-likeness (QED) is 0.795. The van der Waals surface area contributed by atoms with Gasteiger partial charge in [0.2, 0.25) is 0 Å². The Hall–Kier alpha value is -1.29. The lowest BCUT2D eigenvalue weighted by Gasteiger charge is -2.05. The number of aliphatic hydroxyl groups is 1. The van der Waals surface area contributed by atoms with E-state index in [-0.39, 0.29) is 6.42 Å². The van der Waals surface area contributed by atoms with E-state index in [4.69, 9.17) is 4.42 Å². The Kier molecular flexibility index (Phi) is 3.01. The molecular formula is C12H16O4. The first-order valence-corrected chi connectivity index (χ1v) is 5.46. The van der Waals surface area contributed by atoms with Gasteiger partial charge in [-0.1, -0.05) is 6.92 Å². The molecule has 1 saturated carbocycles. The number of hydrogen-bond acceptors (Lipinski definition) is 4. The van der Waals surface area contributed by atoms with E-state index >= 15 is 0 Å². The molecule has 2 rings (SSSR count). The van der Waals surface area contributed by atoms with Crippen molar-refractivity contribution in [1.82, 2.24) is 0 Å². The van der Waals surface area contributed by atoms with Crippen LogP contribution in [-0.4, -0.2) is 18.2 Å². The lowest BCUT2D eigenvalue weighted by atomic mass is 10.2. The zero-order valence-electron chi connectivity index (χ0n) is 9.47. The average molecular weight is 224 g/mol. The van der Waals surface area contributed by atoms with E-state index in [2.05, 4.69) is 11.7 Å². The van der Waals surface area contributed by atoms with Crippen LogP contribution in [0.15, 0.2) is 16.5 Å². The average Bonchev–Trinajstić information content (AvgIpc) is 2.82. The first-order chi connectivity index (χ1) is 7.61. The monoisotopic (exact) mass is 224 g/mol. The van der Waals surface area contributed by atoms with Crippen molar-refractivity contribution in [2.45, 2.75) is 31.8 Å². The second kappa shape index (κ2) is 4.29. The van der Waals surface area contributed by atoms with Gasteiger partial charge in [-0.15, -0.1) is 0 Å². The van der Waals surface area contributed by atoms with Gasteiger partial charge < -0.3 is 14.3 Å². The predicted octanol–water partition coefficient (Wildman–Crippen LogP) is 2.00. The van der Waals surface area contributed by atoms with E-state index in [0.29, 0.717) is 17.6 Å². The molecule has 4 nitrogen and oxygen atoms in total. The van der Waals surface area contributed by atoms with Crippen molar-refractivity contribution in [2.75, 3.05) is 7.11 Å². The van der Waals surface area contributed by atoms with Crippen LogP contribution in [0, 0.1) is 5.92 Å². The summed E-state index contributed by atoms with van der Waals surface area (Å²) in [4.78, 5) is 11.0. The summed E-state index contributed by atoms with van der Waals surface area (Å²) in [5, 5.41) is 9.71. The molecule has 0 radical (unpaired) electrons. The summed E-state index contributed by atoms with van der Waals surface area (Å²) < 4.78 is 10.0. The Morgan fingerprint density at radius 2 is 2.38 bits per heavy atom. The molecule has 1 aliphatic rings. The molecule has 0 bridgehead atoms. The van der Waals surface area contributed by atoms with Crippen molar-refractivity contribution >= 4 is 5.97 Å². The van der Waals surface area contributed by atoms with Crippen molar-refractivity contribution in [3.63, 3.8) is 0 Å². The molecule has 1 N–H and O–H groups in total. The minimum atomic E-state index is -0.907. The van der Waals surface area contributed by atoms with Gasteiger partial charge in [0.05, 0.1) is 13.5 Å². The van der Waals surface area contributed by atoms with E-state index in [9.17, 15) is 9.90 Å². The zero-order valence-corrected chi connectivity index (χ0v) is 9.47. The fourth-order valence-corrected chi connectivity index (χ4v) is 1.81. The standard InChI is InChI=1S/C12H16O4/c1-7-5-8(7)10-3-4-11(16-10)9(13)6-12(14)15-2/h3-4,7-9,13H,5-6H2,1-2H3. The maximum absolute atomic E-state index is 11.0. The third-order valence-electron chi connectivity index (χ3n) is 3.04. The summed E-state index contributed by atoms with van der Waals surface area (Å²) in [5.41, 5.74) is 0. The lowest BCUT2D eigenvalue weighted by molar-refractivity contribution is -0.143. The summed E-state index contributed by atoms with van der Waals surface area (Å²) in [6, 6.07) is 3.61. The van der Waals surface area contributed by atoms with Crippen LogP contribution in [0.5, 0.6) is 0 Å². The van der Waals surface area contributed by atoms with Gasteiger partial charge >= 0.3 is 5.97 Å². The molecule has 0 spiro atoms. The van der Waals surface area contributed by atoms with Gasteiger partial charge in [0.25, 0.3) is 0 Å². The molecule has 1 heterocycles. The molecular weight excluding hydrogens is 208 g/mol. The van der Waals surface area contributed by atoms with E-state index in [1.807, 2.05) is 6.07 Å². The zero-order chi connectivity index (χ0) is 11.7. The Bertz CT molecular complexity index is 382. The molecule has 88 valence electrons. The fourth-order valence-electron chi connectivity index (χ4n) is 1.81. The minimum absolute atomic E-state index is 0.0658. The SMILES string of the molecule is COC(=O)CC(O)c1ccc(C2CC2C)o1. The highest BCUT2D eigenvalue weighted by atomic mass is 16.5. The fraction of sp³-hybridized carbons (Fsp3) is 0.583. The van der Waals surface area contributed by atoms with Gasteiger partial charge in [0, 0.05) is 5.92 Å². The van der Waals surface area contributed by atoms with E-state index in [0.717, 1.165) is 12.2 Å². The molecule has 1 aromatic rings. The number of esters is 1. The van der Waals surface area contributed by atoms with Gasteiger partial charge in [0.1, 0.15) is 17.6 Å². The Labute approximate surface area is 94.2 Å². The number of hydrogen-bond donors (Lipinski definition) is 1. The molecule has 4 heteroatoms. The largest absolute Gasteiger partial charge is 0.469 e. The molecule has 1 fully saturated rings. The number of furan rings is 1. The Morgan fingerprint density at radius 1 is 1.69 bits per heavy atom. The van der Waals surface area contributed by atoms with Crippen LogP contribution in [-0.2, 0) is 9.53 Å². The predicted molar refractivity (Wildman–Crippen MR) is 56.8 cm³/mol. The number of methoxy groups -OCH3 is 1. The second-order valence-corrected chi connectivity index (χ2v) is 4.36. The van der Waals surface area contributed by atoms with Crippen LogP contribution in [0.2, 0.25) is 0 Å². The number of carbonyl (C=O) groups excluding carboxylic acids is 1.